The third-order valence-corrected chi connectivity index (χ3v) is 6.89. The number of rotatable bonds is 9. The second kappa shape index (κ2) is 11.9. The van der Waals surface area contributed by atoms with E-state index in [1.807, 2.05) is 57.2 Å². The van der Waals surface area contributed by atoms with Crippen LogP contribution in [0.25, 0.3) is 10.8 Å². The van der Waals surface area contributed by atoms with Crippen LogP contribution in [0.15, 0.2) is 59.1 Å². The summed E-state index contributed by atoms with van der Waals surface area (Å²) in [6.45, 7) is 5.62. The second-order valence-electron chi connectivity index (χ2n) is 8.24. The lowest BCUT2D eigenvalue weighted by Gasteiger charge is -2.31. The maximum Gasteiger partial charge on any atom is 0.261 e. The number of carbonyl (C=O) groups is 2. The fourth-order valence-corrected chi connectivity index (χ4v) is 4.61. The molecule has 3 aromatic carbocycles. The lowest BCUT2D eigenvalue weighted by molar-refractivity contribution is -0.143. The molecule has 180 valence electrons. The summed E-state index contributed by atoms with van der Waals surface area (Å²) in [6.07, 6.45) is 0.450. The first-order valence-corrected chi connectivity index (χ1v) is 12.6. The van der Waals surface area contributed by atoms with Crippen molar-refractivity contribution in [2.24, 2.45) is 0 Å². The van der Waals surface area contributed by atoms with Crippen molar-refractivity contribution < 1.29 is 14.3 Å². The quantitative estimate of drug-likeness (QED) is 0.317. The van der Waals surface area contributed by atoms with E-state index in [1.165, 1.54) is 4.90 Å². The molecule has 1 N–H and O–H groups in total. The molecular formula is C26H27BrCl2N2O3. The zero-order chi connectivity index (χ0) is 24.8. The molecule has 3 rings (SSSR count). The van der Waals surface area contributed by atoms with Gasteiger partial charge in [0.1, 0.15) is 11.8 Å². The molecule has 1 atom stereocenters. The molecule has 0 aliphatic carbocycles. The van der Waals surface area contributed by atoms with Crippen LogP contribution in [0.5, 0.6) is 5.75 Å². The Bertz CT molecular complexity index is 1190. The zero-order valence-corrected chi connectivity index (χ0v) is 22.4. The number of benzene rings is 3. The summed E-state index contributed by atoms with van der Waals surface area (Å²) in [6, 6.07) is 16.1. The lowest BCUT2D eigenvalue weighted by atomic mass is 10.1. The van der Waals surface area contributed by atoms with Crippen LogP contribution in [-0.2, 0) is 16.1 Å². The molecule has 0 fully saturated rings. The number of nitrogens with one attached hydrogen (secondary N) is 1. The van der Waals surface area contributed by atoms with Crippen molar-refractivity contribution in [2.75, 3.05) is 6.61 Å². The van der Waals surface area contributed by atoms with Gasteiger partial charge in [-0.05, 0) is 70.7 Å². The molecule has 0 saturated heterocycles. The Labute approximate surface area is 218 Å². The number of amides is 2. The van der Waals surface area contributed by atoms with Crippen molar-refractivity contribution in [1.82, 2.24) is 10.2 Å². The van der Waals surface area contributed by atoms with Crippen molar-refractivity contribution >= 4 is 61.7 Å². The predicted octanol–water partition coefficient (Wildman–Crippen LogP) is 6.62. The van der Waals surface area contributed by atoms with Crippen LogP contribution >= 0.6 is 39.1 Å². The number of hydrogen-bond acceptors (Lipinski definition) is 3. The summed E-state index contributed by atoms with van der Waals surface area (Å²) in [5, 5.41) is 5.78. The smallest absolute Gasteiger partial charge is 0.261 e. The summed E-state index contributed by atoms with van der Waals surface area (Å²) < 4.78 is 6.68. The van der Waals surface area contributed by atoms with Crippen molar-refractivity contribution in [2.45, 2.75) is 45.8 Å². The van der Waals surface area contributed by atoms with E-state index in [1.54, 1.807) is 18.2 Å². The summed E-state index contributed by atoms with van der Waals surface area (Å²) in [5.74, 6) is 0.0379. The van der Waals surface area contributed by atoms with E-state index in [0.717, 1.165) is 20.8 Å². The highest BCUT2D eigenvalue weighted by atomic mass is 79.9. The van der Waals surface area contributed by atoms with Gasteiger partial charge in [-0.15, -0.1) is 0 Å². The van der Waals surface area contributed by atoms with Crippen LogP contribution in [0, 0.1) is 0 Å². The van der Waals surface area contributed by atoms with E-state index in [0.29, 0.717) is 22.2 Å². The molecule has 0 radical (unpaired) electrons. The summed E-state index contributed by atoms with van der Waals surface area (Å²) >= 11 is 15.8. The van der Waals surface area contributed by atoms with Gasteiger partial charge in [-0.25, -0.2) is 0 Å². The Morgan fingerprint density at radius 3 is 2.47 bits per heavy atom. The van der Waals surface area contributed by atoms with Crippen molar-refractivity contribution in [1.29, 1.82) is 0 Å². The van der Waals surface area contributed by atoms with Gasteiger partial charge in [-0.3, -0.25) is 9.59 Å². The number of fused-ring (bicyclic) bond motifs is 1. The first kappa shape index (κ1) is 26.3. The van der Waals surface area contributed by atoms with Gasteiger partial charge in [0.15, 0.2) is 6.61 Å². The fourth-order valence-electron chi connectivity index (χ4n) is 3.68. The van der Waals surface area contributed by atoms with Crippen LogP contribution in [0.3, 0.4) is 0 Å². The Morgan fingerprint density at radius 1 is 1.06 bits per heavy atom. The van der Waals surface area contributed by atoms with Crippen molar-refractivity contribution in [3.63, 3.8) is 0 Å². The minimum atomic E-state index is -0.659. The van der Waals surface area contributed by atoms with Gasteiger partial charge in [0.05, 0.1) is 14.5 Å². The average molecular weight is 566 g/mol. The van der Waals surface area contributed by atoms with Gasteiger partial charge < -0.3 is 15.0 Å². The summed E-state index contributed by atoms with van der Waals surface area (Å²) in [4.78, 5) is 27.8. The zero-order valence-electron chi connectivity index (χ0n) is 19.3. The normalized spacial score (nSPS) is 12.0. The van der Waals surface area contributed by atoms with E-state index < -0.39 is 6.04 Å². The number of ether oxygens (including phenoxy) is 1. The summed E-state index contributed by atoms with van der Waals surface area (Å²) in [5.41, 5.74) is 0.769. The second-order valence-corrected chi connectivity index (χ2v) is 9.85. The molecule has 8 heteroatoms. The molecule has 0 heterocycles. The highest BCUT2D eigenvalue weighted by Crippen LogP contribution is 2.33. The number of hydrogen-bond donors (Lipinski definition) is 1. The van der Waals surface area contributed by atoms with E-state index in [4.69, 9.17) is 27.9 Å². The molecule has 3 aromatic rings. The molecule has 34 heavy (non-hydrogen) atoms. The van der Waals surface area contributed by atoms with Gasteiger partial charge in [0.2, 0.25) is 5.91 Å². The van der Waals surface area contributed by atoms with Crippen LogP contribution in [-0.4, -0.2) is 35.4 Å². The Kier molecular flexibility index (Phi) is 9.23. The Balaban J connectivity index is 1.85. The first-order chi connectivity index (χ1) is 16.2. The highest BCUT2D eigenvalue weighted by Gasteiger charge is 2.29. The number of halogens is 3. The Morgan fingerprint density at radius 2 is 1.79 bits per heavy atom. The van der Waals surface area contributed by atoms with Crippen LogP contribution in [0.2, 0.25) is 10.0 Å². The van der Waals surface area contributed by atoms with Crippen LogP contribution < -0.4 is 10.1 Å². The maximum absolute atomic E-state index is 13.4. The monoisotopic (exact) mass is 564 g/mol. The molecule has 0 saturated carbocycles. The molecule has 5 nitrogen and oxygen atoms in total. The van der Waals surface area contributed by atoms with Crippen molar-refractivity contribution in [3.8, 4) is 5.75 Å². The van der Waals surface area contributed by atoms with E-state index in [2.05, 4.69) is 21.2 Å². The van der Waals surface area contributed by atoms with Crippen molar-refractivity contribution in [3.05, 3.63) is 74.7 Å². The first-order valence-electron chi connectivity index (χ1n) is 11.0. The molecular weight excluding hydrogens is 539 g/mol. The molecule has 0 spiro atoms. The molecule has 0 unspecified atom stereocenters. The summed E-state index contributed by atoms with van der Waals surface area (Å²) in [7, 11) is 0. The minimum Gasteiger partial charge on any atom is -0.483 e. The average Bonchev–Trinajstić information content (AvgIpc) is 2.80. The Hall–Kier alpha value is -2.28. The number of carbonyl (C=O) groups excluding carboxylic acids is 2. The van der Waals surface area contributed by atoms with Gasteiger partial charge in [0.25, 0.3) is 5.91 Å². The van der Waals surface area contributed by atoms with E-state index in [9.17, 15) is 9.59 Å². The van der Waals surface area contributed by atoms with E-state index in [-0.39, 0.29) is 31.0 Å². The van der Waals surface area contributed by atoms with Gasteiger partial charge >= 0.3 is 0 Å². The standard InChI is InChI=1S/C26H27BrCl2N2O3/c1-4-22(26(33)30-16(2)3)31(14-17-9-11-20(28)21(29)13-17)24(32)15-34-23-12-10-18-7-5-6-8-19(18)25(23)27/h5-13,16,22H,4,14-15H2,1-3H3,(H,30,33)/t22-/m0/s1. The molecule has 0 aromatic heterocycles. The van der Waals surface area contributed by atoms with Gasteiger partial charge in [0, 0.05) is 12.6 Å². The molecule has 0 aliphatic rings. The minimum absolute atomic E-state index is 0.0479. The van der Waals surface area contributed by atoms with E-state index >= 15 is 0 Å². The topological polar surface area (TPSA) is 58.6 Å². The predicted molar refractivity (Wildman–Crippen MR) is 142 cm³/mol. The van der Waals surface area contributed by atoms with Gasteiger partial charge in [-0.1, -0.05) is 66.5 Å². The number of nitrogens with zero attached hydrogens (tertiary/aromatic N) is 1. The van der Waals surface area contributed by atoms with Crippen LogP contribution in [0.1, 0.15) is 32.8 Å². The maximum atomic E-state index is 13.4. The SMILES string of the molecule is CC[C@@H](C(=O)NC(C)C)N(Cc1ccc(Cl)c(Cl)c1)C(=O)COc1ccc2ccccc2c1Br. The third kappa shape index (κ3) is 6.44. The lowest BCUT2D eigenvalue weighted by Crippen LogP contribution is -2.51. The fraction of sp³-hybridized carbons (Fsp3) is 0.308. The molecule has 0 aliphatic heterocycles. The molecule has 0 bridgehead atoms. The van der Waals surface area contributed by atoms with Gasteiger partial charge in [-0.2, -0.15) is 0 Å². The largest absolute Gasteiger partial charge is 0.483 e. The molecule has 2 amide bonds. The van der Waals surface area contributed by atoms with Crippen LogP contribution in [0.4, 0.5) is 0 Å². The highest BCUT2D eigenvalue weighted by molar-refractivity contribution is 9.10. The third-order valence-electron chi connectivity index (χ3n) is 5.33.